The van der Waals surface area contributed by atoms with Gasteiger partial charge in [-0.15, -0.1) is 12.4 Å². The standard InChI is InChI=1S/C16H24N2O4S.ClH/c1-12(13-4-6-15(7-5-13)23(3,20)21)18(2)16(19)10-14-11-22-9-8-17-14;/h4-7,12,14,17H,8-11H2,1-3H3;1H. The van der Waals surface area contributed by atoms with Gasteiger partial charge in [0.25, 0.3) is 0 Å². The number of sulfone groups is 1. The van der Waals surface area contributed by atoms with Crippen LogP contribution in [0.1, 0.15) is 24.9 Å². The second-order valence-electron chi connectivity index (χ2n) is 5.95. The number of hydrogen-bond donors (Lipinski definition) is 1. The summed E-state index contributed by atoms with van der Waals surface area (Å²) in [6.45, 7) is 3.93. The Morgan fingerprint density at radius 1 is 1.38 bits per heavy atom. The van der Waals surface area contributed by atoms with E-state index in [1.165, 1.54) is 6.26 Å². The van der Waals surface area contributed by atoms with E-state index in [0.717, 1.165) is 12.1 Å². The molecule has 1 heterocycles. The van der Waals surface area contributed by atoms with Gasteiger partial charge < -0.3 is 15.0 Å². The molecule has 2 rings (SSSR count). The van der Waals surface area contributed by atoms with Crippen molar-refractivity contribution in [2.45, 2.75) is 30.3 Å². The average molecular weight is 377 g/mol. The van der Waals surface area contributed by atoms with Gasteiger partial charge in [-0.3, -0.25) is 4.79 Å². The Kier molecular flexibility index (Phi) is 7.66. The number of rotatable bonds is 5. The van der Waals surface area contributed by atoms with Crippen molar-refractivity contribution in [2.75, 3.05) is 33.1 Å². The Balaban J connectivity index is 0.00000288. The van der Waals surface area contributed by atoms with Crippen LogP contribution in [0.2, 0.25) is 0 Å². The van der Waals surface area contributed by atoms with Crippen molar-refractivity contribution in [3.63, 3.8) is 0 Å². The van der Waals surface area contributed by atoms with Gasteiger partial charge in [0, 0.05) is 32.3 Å². The van der Waals surface area contributed by atoms with Gasteiger partial charge in [-0.1, -0.05) is 12.1 Å². The summed E-state index contributed by atoms with van der Waals surface area (Å²) in [6, 6.07) is 6.60. The molecular weight excluding hydrogens is 352 g/mol. The molecule has 24 heavy (non-hydrogen) atoms. The van der Waals surface area contributed by atoms with Gasteiger partial charge in [-0.25, -0.2) is 8.42 Å². The zero-order chi connectivity index (χ0) is 17.0. The highest BCUT2D eigenvalue weighted by Gasteiger charge is 2.22. The van der Waals surface area contributed by atoms with E-state index in [-0.39, 0.29) is 35.3 Å². The molecule has 0 radical (unpaired) electrons. The summed E-state index contributed by atoms with van der Waals surface area (Å²) < 4.78 is 28.4. The van der Waals surface area contributed by atoms with Gasteiger partial charge in [-0.2, -0.15) is 0 Å². The zero-order valence-corrected chi connectivity index (χ0v) is 15.8. The number of morpholine rings is 1. The van der Waals surface area contributed by atoms with Crippen molar-refractivity contribution in [1.82, 2.24) is 10.2 Å². The van der Waals surface area contributed by atoms with Crippen LogP contribution in [0.5, 0.6) is 0 Å². The maximum Gasteiger partial charge on any atom is 0.224 e. The minimum Gasteiger partial charge on any atom is -0.378 e. The lowest BCUT2D eigenvalue weighted by atomic mass is 10.1. The Morgan fingerprint density at radius 3 is 2.50 bits per heavy atom. The summed E-state index contributed by atoms with van der Waals surface area (Å²) in [6.07, 6.45) is 1.57. The molecule has 1 aromatic carbocycles. The number of ether oxygens (including phenoxy) is 1. The molecule has 1 saturated heterocycles. The summed E-state index contributed by atoms with van der Waals surface area (Å²) in [5.41, 5.74) is 0.904. The van der Waals surface area contributed by atoms with E-state index < -0.39 is 9.84 Å². The highest BCUT2D eigenvalue weighted by Crippen LogP contribution is 2.21. The van der Waals surface area contributed by atoms with E-state index in [0.29, 0.717) is 19.6 Å². The van der Waals surface area contributed by atoms with E-state index in [2.05, 4.69) is 5.32 Å². The number of carbonyl (C=O) groups excluding carboxylic acids is 1. The van der Waals surface area contributed by atoms with Crippen LogP contribution in [0, 0.1) is 0 Å². The molecule has 1 fully saturated rings. The lowest BCUT2D eigenvalue weighted by Gasteiger charge is -2.29. The monoisotopic (exact) mass is 376 g/mol. The first-order valence-electron chi connectivity index (χ1n) is 7.66. The summed E-state index contributed by atoms with van der Waals surface area (Å²) in [7, 11) is -1.44. The van der Waals surface area contributed by atoms with E-state index in [1.807, 2.05) is 6.92 Å². The van der Waals surface area contributed by atoms with Crippen molar-refractivity contribution in [3.05, 3.63) is 29.8 Å². The number of nitrogens with one attached hydrogen (secondary N) is 1. The fraction of sp³-hybridized carbons (Fsp3) is 0.562. The fourth-order valence-electron chi connectivity index (χ4n) is 2.54. The topological polar surface area (TPSA) is 75.7 Å². The zero-order valence-electron chi connectivity index (χ0n) is 14.2. The second kappa shape index (κ2) is 8.80. The highest BCUT2D eigenvalue weighted by atomic mass is 35.5. The normalized spacial score (nSPS) is 19.2. The number of halogens is 1. The van der Waals surface area contributed by atoms with Crippen molar-refractivity contribution in [2.24, 2.45) is 0 Å². The lowest BCUT2D eigenvalue weighted by Crippen LogP contribution is -2.44. The van der Waals surface area contributed by atoms with Crippen molar-refractivity contribution >= 4 is 28.2 Å². The molecule has 0 aromatic heterocycles. The second-order valence-corrected chi connectivity index (χ2v) is 7.97. The lowest BCUT2D eigenvalue weighted by molar-refractivity contribution is -0.133. The Morgan fingerprint density at radius 2 is 2.00 bits per heavy atom. The van der Waals surface area contributed by atoms with Gasteiger partial charge in [0.2, 0.25) is 5.91 Å². The first-order chi connectivity index (χ1) is 10.8. The number of benzene rings is 1. The van der Waals surface area contributed by atoms with Gasteiger partial charge in [-0.05, 0) is 24.6 Å². The quantitative estimate of drug-likeness (QED) is 0.840. The molecule has 1 aliphatic rings. The van der Waals surface area contributed by atoms with E-state index in [4.69, 9.17) is 4.74 Å². The molecule has 2 unspecified atom stereocenters. The Bertz CT molecular complexity index is 643. The van der Waals surface area contributed by atoms with Crippen molar-refractivity contribution in [1.29, 1.82) is 0 Å². The van der Waals surface area contributed by atoms with Crippen LogP contribution < -0.4 is 5.32 Å². The minimum absolute atomic E-state index is 0. The van der Waals surface area contributed by atoms with Crippen molar-refractivity contribution < 1.29 is 17.9 Å². The third-order valence-electron chi connectivity index (χ3n) is 4.18. The minimum atomic E-state index is -3.20. The number of carbonyl (C=O) groups is 1. The maximum atomic E-state index is 12.4. The molecule has 1 aliphatic heterocycles. The molecule has 1 aromatic rings. The average Bonchev–Trinajstić information content (AvgIpc) is 2.53. The van der Waals surface area contributed by atoms with Gasteiger partial charge in [0.15, 0.2) is 9.84 Å². The molecule has 2 atom stereocenters. The van der Waals surface area contributed by atoms with Crippen LogP contribution in [-0.4, -0.2) is 58.3 Å². The third kappa shape index (κ3) is 5.44. The molecule has 136 valence electrons. The van der Waals surface area contributed by atoms with Gasteiger partial charge in [0.05, 0.1) is 24.2 Å². The largest absolute Gasteiger partial charge is 0.378 e. The predicted molar refractivity (Wildman–Crippen MR) is 95.2 cm³/mol. The van der Waals surface area contributed by atoms with Crippen LogP contribution in [0.3, 0.4) is 0 Å². The SMILES string of the molecule is CC(c1ccc(S(C)(=O)=O)cc1)N(C)C(=O)CC1COCCN1.Cl. The Hall–Kier alpha value is -1.15. The number of amides is 1. The van der Waals surface area contributed by atoms with Crippen LogP contribution in [-0.2, 0) is 19.4 Å². The van der Waals surface area contributed by atoms with Crippen LogP contribution in [0.4, 0.5) is 0 Å². The van der Waals surface area contributed by atoms with Crippen LogP contribution in [0.25, 0.3) is 0 Å². The van der Waals surface area contributed by atoms with E-state index >= 15 is 0 Å². The molecule has 0 bridgehead atoms. The van der Waals surface area contributed by atoms with Crippen molar-refractivity contribution in [3.8, 4) is 0 Å². The highest BCUT2D eigenvalue weighted by molar-refractivity contribution is 7.90. The van der Waals surface area contributed by atoms with E-state index in [1.54, 1.807) is 36.2 Å². The first kappa shape index (κ1) is 20.9. The van der Waals surface area contributed by atoms with Crippen LogP contribution in [0.15, 0.2) is 29.2 Å². The van der Waals surface area contributed by atoms with Gasteiger partial charge >= 0.3 is 0 Å². The third-order valence-corrected chi connectivity index (χ3v) is 5.31. The van der Waals surface area contributed by atoms with E-state index in [9.17, 15) is 13.2 Å². The summed E-state index contributed by atoms with van der Waals surface area (Å²) in [4.78, 5) is 14.4. The molecule has 0 saturated carbocycles. The molecule has 0 aliphatic carbocycles. The maximum absolute atomic E-state index is 12.4. The van der Waals surface area contributed by atoms with Crippen LogP contribution >= 0.6 is 12.4 Å². The molecule has 1 amide bonds. The predicted octanol–water partition coefficient (Wildman–Crippen LogP) is 1.41. The molecule has 0 spiro atoms. The molecule has 8 heteroatoms. The summed E-state index contributed by atoms with van der Waals surface area (Å²) in [5.74, 6) is 0.0349. The fourth-order valence-corrected chi connectivity index (χ4v) is 3.17. The van der Waals surface area contributed by atoms with Gasteiger partial charge in [0.1, 0.15) is 0 Å². The molecule has 6 nitrogen and oxygen atoms in total. The number of nitrogens with zero attached hydrogens (tertiary/aromatic N) is 1. The molecule has 1 N–H and O–H groups in total. The Labute approximate surface area is 149 Å². The molecular formula is C16H25ClN2O4S. The smallest absolute Gasteiger partial charge is 0.224 e. The number of hydrogen-bond acceptors (Lipinski definition) is 5. The summed E-state index contributed by atoms with van der Waals surface area (Å²) in [5, 5.41) is 3.27. The first-order valence-corrected chi connectivity index (χ1v) is 9.55. The summed E-state index contributed by atoms with van der Waals surface area (Å²) >= 11 is 0.